The first-order valence-electron chi connectivity index (χ1n) is 8.79. The minimum Gasteiger partial charge on any atom is -0.309 e. The van der Waals surface area contributed by atoms with Crippen LogP contribution in [0.1, 0.15) is 24.4 Å². The summed E-state index contributed by atoms with van der Waals surface area (Å²) in [7, 11) is 0. The van der Waals surface area contributed by atoms with Gasteiger partial charge in [0, 0.05) is 17.2 Å². The SMILES string of the molecule is CSc1ccc(-c2ccc(CC(=O)Nc3ccn(C4CC4)n3)cc2)cc1. The molecule has 3 aromatic rings. The Hall–Kier alpha value is -2.53. The van der Waals surface area contributed by atoms with Crippen LogP contribution in [0.3, 0.4) is 0 Å². The number of carbonyl (C=O) groups is 1. The fourth-order valence-corrected chi connectivity index (χ4v) is 3.33. The maximum absolute atomic E-state index is 12.2. The molecule has 2 aromatic carbocycles. The van der Waals surface area contributed by atoms with Crippen LogP contribution in [-0.2, 0) is 11.2 Å². The van der Waals surface area contributed by atoms with Crippen molar-refractivity contribution in [2.45, 2.75) is 30.2 Å². The summed E-state index contributed by atoms with van der Waals surface area (Å²) in [5.74, 6) is 0.593. The molecule has 5 heteroatoms. The van der Waals surface area contributed by atoms with E-state index in [2.05, 4.69) is 53.1 Å². The summed E-state index contributed by atoms with van der Waals surface area (Å²) in [5.41, 5.74) is 3.34. The molecule has 1 aliphatic carbocycles. The van der Waals surface area contributed by atoms with Gasteiger partial charge >= 0.3 is 0 Å². The number of benzene rings is 2. The van der Waals surface area contributed by atoms with Gasteiger partial charge in [0.1, 0.15) is 0 Å². The Morgan fingerprint density at radius 1 is 1.08 bits per heavy atom. The average Bonchev–Trinajstić information content (AvgIpc) is 3.42. The lowest BCUT2D eigenvalue weighted by Gasteiger charge is -2.06. The first kappa shape index (κ1) is 16.9. The summed E-state index contributed by atoms with van der Waals surface area (Å²) in [4.78, 5) is 13.5. The number of aromatic nitrogens is 2. The molecule has 1 aromatic heterocycles. The van der Waals surface area contributed by atoms with Crippen molar-refractivity contribution in [2.24, 2.45) is 0 Å². The van der Waals surface area contributed by atoms with Crippen molar-refractivity contribution in [3.8, 4) is 11.1 Å². The Bertz CT molecular complexity index is 896. The fraction of sp³-hybridized carbons (Fsp3) is 0.238. The molecule has 0 radical (unpaired) electrons. The first-order valence-corrected chi connectivity index (χ1v) is 10.0. The van der Waals surface area contributed by atoms with E-state index < -0.39 is 0 Å². The Morgan fingerprint density at radius 2 is 1.73 bits per heavy atom. The zero-order valence-electron chi connectivity index (χ0n) is 14.7. The monoisotopic (exact) mass is 363 g/mol. The third kappa shape index (κ3) is 3.99. The quantitative estimate of drug-likeness (QED) is 0.641. The summed E-state index contributed by atoms with van der Waals surface area (Å²) in [6.07, 6.45) is 6.72. The fourth-order valence-electron chi connectivity index (χ4n) is 2.92. The molecule has 0 bridgehead atoms. The number of nitrogens with zero attached hydrogens (tertiary/aromatic N) is 2. The molecule has 1 heterocycles. The van der Waals surface area contributed by atoms with Gasteiger partial charge in [0.2, 0.25) is 5.91 Å². The van der Waals surface area contributed by atoms with Crippen molar-refractivity contribution in [3.05, 3.63) is 66.4 Å². The van der Waals surface area contributed by atoms with E-state index in [9.17, 15) is 4.79 Å². The lowest BCUT2D eigenvalue weighted by Crippen LogP contribution is -2.15. The van der Waals surface area contributed by atoms with Crippen LogP contribution in [0.5, 0.6) is 0 Å². The van der Waals surface area contributed by atoms with Gasteiger partial charge in [-0.15, -0.1) is 11.8 Å². The van der Waals surface area contributed by atoms with Gasteiger partial charge in [-0.2, -0.15) is 5.10 Å². The van der Waals surface area contributed by atoms with Crippen molar-refractivity contribution in [1.29, 1.82) is 0 Å². The normalized spacial score (nSPS) is 13.6. The lowest BCUT2D eigenvalue weighted by atomic mass is 10.0. The van der Waals surface area contributed by atoms with Crippen LogP contribution in [-0.4, -0.2) is 21.9 Å². The van der Waals surface area contributed by atoms with Crippen LogP contribution >= 0.6 is 11.8 Å². The van der Waals surface area contributed by atoms with E-state index in [4.69, 9.17) is 0 Å². The first-order chi connectivity index (χ1) is 12.7. The van der Waals surface area contributed by atoms with Crippen molar-refractivity contribution >= 4 is 23.5 Å². The van der Waals surface area contributed by atoms with Crippen LogP contribution in [0.4, 0.5) is 5.82 Å². The number of amides is 1. The van der Waals surface area contributed by atoms with Gasteiger partial charge in [-0.25, -0.2) is 0 Å². The molecule has 0 saturated heterocycles. The van der Waals surface area contributed by atoms with Gasteiger partial charge in [-0.3, -0.25) is 9.48 Å². The highest BCUT2D eigenvalue weighted by molar-refractivity contribution is 7.98. The van der Waals surface area contributed by atoms with Gasteiger partial charge < -0.3 is 5.32 Å². The molecule has 1 amide bonds. The molecule has 1 aliphatic rings. The Labute approximate surface area is 157 Å². The van der Waals surface area contributed by atoms with E-state index in [1.807, 2.05) is 29.1 Å². The highest BCUT2D eigenvalue weighted by Crippen LogP contribution is 2.34. The topological polar surface area (TPSA) is 46.9 Å². The van der Waals surface area contributed by atoms with Crippen molar-refractivity contribution in [1.82, 2.24) is 9.78 Å². The van der Waals surface area contributed by atoms with E-state index in [0.29, 0.717) is 18.3 Å². The Morgan fingerprint density at radius 3 is 2.35 bits per heavy atom. The molecule has 4 rings (SSSR count). The molecule has 0 unspecified atom stereocenters. The summed E-state index contributed by atoms with van der Waals surface area (Å²) in [6.45, 7) is 0. The summed E-state index contributed by atoms with van der Waals surface area (Å²) < 4.78 is 1.94. The average molecular weight is 363 g/mol. The zero-order valence-corrected chi connectivity index (χ0v) is 15.5. The van der Waals surface area contributed by atoms with Gasteiger partial charge in [-0.05, 0) is 47.9 Å². The molecular formula is C21H21N3OS. The second-order valence-electron chi connectivity index (χ2n) is 6.56. The predicted molar refractivity (Wildman–Crippen MR) is 106 cm³/mol. The smallest absolute Gasteiger partial charge is 0.229 e. The standard InChI is InChI=1S/C21H21N3OS/c1-26-19-10-6-17(7-11-19)16-4-2-15(3-5-16)14-21(25)22-20-12-13-24(23-20)18-8-9-18/h2-7,10-13,18H,8-9,14H2,1H3,(H,22,23,25). The van der Waals surface area contributed by atoms with E-state index in [1.54, 1.807) is 11.8 Å². The van der Waals surface area contributed by atoms with Gasteiger partial charge in [0.05, 0.1) is 12.5 Å². The zero-order chi connectivity index (χ0) is 17.9. The number of hydrogen-bond acceptors (Lipinski definition) is 3. The minimum atomic E-state index is -0.0388. The van der Waals surface area contributed by atoms with E-state index in [1.165, 1.54) is 23.3 Å². The second-order valence-corrected chi connectivity index (χ2v) is 7.44. The summed E-state index contributed by atoms with van der Waals surface area (Å²) >= 11 is 1.74. The predicted octanol–water partition coefficient (Wildman–Crippen LogP) is 4.79. The number of anilines is 1. The third-order valence-corrected chi connectivity index (χ3v) is 5.28. The summed E-state index contributed by atoms with van der Waals surface area (Å²) in [5, 5.41) is 7.28. The molecule has 0 atom stereocenters. The van der Waals surface area contributed by atoms with Crippen molar-refractivity contribution in [3.63, 3.8) is 0 Å². The summed E-state index contributed by atoms with van der Waals surface area (Å²) in [6, 6.07) is 19.1. The van der Waals surface area contributed by atoms with E-state index in [0.717, 1.165) is 11.1 Å². The lowest BCUT2D eigenvalue weighted by molar-refractivity contribution is -0.115. The molecule has 1 fully saturated rings. The van der Waals surface area contributed by atoms with Crippen LogP contribution < -0.4 is 5.32 Å². The maximum atomic E-state index is 12.2. The second kappa shape index (κ2) is 7.38. The van der Waals surface area contributed by atoms with E-state index in [-0.39, 0.29) is 5.91 Å². The number of rotatable bonds is 6. The molecule has 1 saturated carbocycles. The molecule has 26 heavy (non-hydrogen) atoms. The third-order valence-electron chi connectivity index (χ3n) is 4.54. The number of hydrogen-bond donors (Lipinski definition) is 1. The molecule has 0 spiro atoms. The van der Waals surface area contributed by atoms with Crippen molar-refractivity contribution in [2.75, 3.05) is 11.6 Å². The van der Waals surface area contributed by atoms with Crippen LogP contribution in [0.2, 0.25) is 0 Å². The molecule has 132 valence electrons. The Kier molecular flexibility index (Phi) is 4.80. The molecule has 4 nitrogen and oxygen atoms in total. The van der Waals surface area contributed by atoms with Gasteiger partial charge in [-0.1, -0.05) is 36.4 Å². The number of carbonyl (C=O) groups excluding carboxylic acids is 1. The van der Waals surface area contributed by atoms with Crippen LogP contribution in [0.25, 0.3) is 11.1 Å². The van der Waals surface area contributed by atoms with Crippen LogP contribution in [0.15, 0.2) is 65.7 Å². The minimum absolute atomic E-state index is 0.0388. The highest BCUT2D eigenvalue weighted by Gasteiger charge is 2.24. The number of nitrogens with one attached hydrogen (secondary N) is 1. The Balaban J connectivity index is 1.37. The van der Waals surface area contributed by atoms with E-state index >= 15 is 0 Å². The number of thioether (sulfide) groups is 1. The maximum Gasteiger partial charge on any atom is 0.229 e. The van der Waals surface area contributed by atoms with Gasteiger partial charge in [0.15, 0.2) is 5.82 Å². The van der Waals surface area contributed by atoms with Gasteiger partial charge in [0.25, 0.3) is 0 Å². The molecule has 0 aliphatic heterocycles. The largest absolute Gasteiger partial charge is 0.309 e. The highest BCUT2D eigenvalue weighted by atomic mass is 32.2. The van der Waals surface area contributed by atoms with Crippen LogP contribution in [0, 0.1) is 0 Å². The van der Waals surface area contributed by atoms with Crippen molar-refractivity contribution < 1.29 is 4.79 Å². The molecular weight excluding hydrogens is 342 g/mol. The molecule has 1 N–H and O–H groups in total.